The van der Waals surface area contributed by atoms with Crippen LogP contribution in [-0.2, 0) is 0 Å². The molecule has 92 valence electrons. The molecule has 17 heavy (non-hydrogen) atoms. The van der Waals surface area contributed by atoms with E-state index in [2.05, 4.69) is 17.5 Å². The van der Waals surface area contributed by atoms with Crippen LogP contribution in [0.15, 0.2) is 29.4 Å². The first-order valence-electron chi connectivity index (χ1n) is 5.65. The molecule has 1 N–H and O–H groups in total. The summed E-state index contributed by atoms with van der Waals surface area (Å²) < 4.78 is 5.11. The fourth-order valence-corrected chi connectivity index (χ4v) is 1.46. The van der Waals surface area contributed by atoms with Crippen LogP contribution in [0.1, 0.15) is 37.0 Å². The minimum Gasteiger partial charge on any atom is -0.496 e. The van der Waals surface area contributed by atoms with Crippen LogP contribution in [0.5, 0.6) is 5.75 Å². The Balaban J connectivity index is 2.73. The minimum atomic E-state index is -0.252. The largest absolute Gasteiger partial charge is 0.496 e. The van der Waals surface area contributed by atoms with Crippen LogP contribution in [0, 0.1) is 0 Å². The van der Waals surface area contributed by atoms with E-state index in [1.165, 1.54) is 7.11 Å². The topological polar surface area (TPSA) is 50.7 Å². The molecule has 0 radical (unpaired) electrons. The lowest BCUT2D eigenvalue weighted by atomic mass is 10.2. The number of nitrogens with one attached hydrogen (secondary N) is 1. The summed E-state index contributed by atoms with van der Waals surface area (Å²) in [6, 6.07) is 7.07. The molecule has 0 unspecified atom stereocenters. The number of hydrogen-bond acceptors (Lipinski definition) is 3. The van der Waals surface area contributed by atoms with Gasteiger partial charge in [-0.15, -0.1) is 0 Å². The molecule has 0 bridgehead atoms. The van der Waals surface area contributed by atoms with Crippen molar-refractivity contribution in [2.75, 3.05) is 7.11 Å². The van der Waals surface area contributed by atoms with E-state index >= 15 is 0 Å². The van der Waals surface area contributed by atoms with Crippen molar-refractivity contribution >= 4 is 11.6 Å². The lowest BCUT2D eigenvalue weighted by Crippen LogP contribution is -2.19. The van der Waals surface area contributed by atoms with E-state index in [0.717, 1.165) is 18.6 Å². The number of hydrazone groups is 1. The van der Waals surface area contributed by atoms with Gasteiger partial charge in [-0.25, -0.2) is 5.43 Å². The molecule has 0 aromatic heterocycles. The summed E-state index contributed by atoms with van der Waals surface area (Å²) in [5.74, 6) is 0.297. The van der Waals surface area contributed by atoms with Gasteiger partial charge in [0.15, 0.2) is 0 Å². The zero-order valence-corrected chi connectivity index (χ0v) is 10.5. The predicted molar refractivity (Wildman–Crippen MR) is 68.5 cm³/mol. The lowest BCUT2D eigenvalue weighted by molar-refractivity contribution is 0.0951. The van der Waals surface area contributed by atoms with Gasteiger partial charge in [0.25, 0.3) is 5.91 Å². The highest BCUT2D eigenvalue weighted by molar-refractivity contribution is 5.97. The summed E-state index contributed by atoms with van der Waals surface area (Å²) in [6.45, 7) is 3.97. The van der Waals surface area contributed by atoms with Gasteiger partial charge in [0.05, 0.1) is 12.7 Å². The van der Waals surface area contributed by atoms with E-state index in [9.17, 15) is 4.79 Å². The first kappa shape index (κ1) is 13.2. The second-order valence-electron chi connectivity index (χ2n) is 3.74. The molecule has 0 aliphatic heterocycles. The number of amides is 1. The summed E-state index contributed by atoms with van der Waals surface area (Å²) >= 11 is 0. The highest BCUT2D eigenvalue weighted by Gasteiger charge is 2.10. The fraction of sp³-hybridized carbons (Fsp3) is 0.385. The van der Waals surface area contributed by atoms with Gasteiger partial charge in [-0.1, -0.05) is 25.5 Å². The van der Waals surface area contributed by atoms with Gasteiger partial charge < -0.3 is 4.74 Å². The highest BCUT2D eigenvalue weighted by atomic mass is 16.5. The first-order valence-corrected chi connectivity index (χ1v) is 5.65. The van der Waals surface area contributed by atoms with Crippen LogP contribution in [-0.4, -0.2) is 18.7 Å². The van der Waals surface area contributed by atoms with Crippen molar-refractivity contribution in [2.45, 2.75) is 26.7 Å². The van der Waals surface area contributed by atoms with E-state index in [4.69, 9.17) is 4.74 Å². The van der Waals surface area contributed by atoms with Crippen molar-refractivity contribution < 1.29 is 9.53 Å². The maximum absolute atomic E-state index is 11.8. The second kappa shape index (κ2) is 6.68. The standard InChI is InChI=1S/C13H18N2O2/c1-4-7-10(2)14-15-13(16)11-8-5-6-9-12(11)17-3/h5-6,8-9H,4,7H2,1-3H3,(H,15,16)/b14-10+. The summed E-state index contributed by atoms with van der Waals surface area (Å²) in [5.41, 5.74) is 3.93. The summed E-state index contributed by atoms with van der Waals surface area (Å²) in [7, 11) is 1.54. The summed E-state index contributed by atoms with van der Waals surface area (Å²) in [6.07, 6.45) is 1.89. The second-order valence-corrected chi connectivity index (χ2v) is 3.74. The monoisotopic (exact) mass is 234 g/mol. The third-order valence-electron chi connectivity index (χ3n) is 2.31. The fourth-order valence-electron chi connectivity index (χ4n) is 1.46. The molecule has 0 spiro atoms. The van der Waals surface area contributed by atoms with Crippen molar-refractivity contribution in [2.24, 2.45) is 5.10 Å². The quantitative estimate of drug-likeness (QED) is 0.629. The molecule has 0 saturated carbocycles. The van der Waals surface area contributed by atoms with Gasteiger partial charge in [-0.05, 0) is 25.5 Å². The number of carbonyl (C=O) groups excluding carboxylic acids is 1. The van der Waals surface area contributed by atoms with Crippen LogP contribution in [0.4, 0.5) is 0 Å². The maximum atomic E-state index is 11.8. The smallest absolute Gasteiger partial charge is 0.275 e. The van der Waals surface area contributed by atoms with Gasteiger partial charge in [0.1, 0.15) is 5.75 Å². The molecule has 0 atom stereocenters. The molecule has 4 heteroatoms. The number of para-hydroxylation sites is 1. The lowest BCUT2D eigenvalue weighted by Gasteiger charge is -2.06. The van der Waals surface area contributed by atoms with E-state index in [-0.39, 0.29) is 5.91 Å². The molecule has 0 saturated heterocycles. The first-order chi connectivity index (χ1) is 8.19. The molecular weight excluding hydrogens is 216 g/mol. The Kier molecular flexibility index (Phi) is 5.20. The Morgan fingerprint density at radius 3 is 2.76 bits per heavy atom. The molecular formula is C13H18N2O2. The Hall–Kier alpha value is -1.84. The van der Waals surface area contributed by atoms with Gasteiger partial charge in [0.2, 0.25) is 0 Å². The highest BCUT2D eigenvalue weighted by Crippen LogP contribution is 2.16. The van der Waals surface area contributed by atoms with Crippen LogP contribution in [0.25, 0.3) is 0 Å². The minimum absolute atomic E-state index is 0.252. The van der Waals surface area contributed by atoms with E-state index in [1.807, 2.05) is 13.0 Å². The Morgan fingerprint density at radius 1 is 1.41 bits per heavy atom. The van der Waals surface area contributed by atoms with Crippen LogP contribution >= 0.6 is 0 Å². The number of methoxy groups -OCH3 is 1. The maximum Gasteiger partial charge on any atom is 0.275 e. The molecule has 0 aliphatic rings. The molecule has 1 amide bonds. The van der Waals surface area contributed by atoms with Crippen molar-refractivity contribution in [3.05, 3.63) is 29.8 Å². The molecule has 1 aromatic rings. The van der Waals surface area contributed by atoms with Crippen LogP contribution in [0.2, 0.25) is 0 Å². The third-order valence-corrected chi connectivity index (χ3v) is 2.31. The molecule has 0 heterocycles. The van der Waals surface area contributed by atoms with E-state index < -0.39 is 0 Å². The van der Waals surface area contributed by atoms with Crippen molar-refractivity contribution in [1.29, 1.82) is 0 Å². The number of benzene rings is 1. The van der Waals surface area contributed by atoms with Gasteiger partial charge >= 0.3 is 0 Å². The number of ether oxygens (including phenoxy) is 1. The van der Waals surface area contributed by atoms with Crippen molar-refractivity contribution in [3.8, 4) is 5.75 Å². The number of hydrogen-bond donors (Lipinski definition) is 1. The zero-order valence-electron chi connectivity index (χ0n) is 10.5. The normalized spacial score (nSPS) is 11.1. The van der Waals surface area contributed by atoms with Crippen LogP contribution < -0.4 is 10.2 Å². The molecule has 0 fully saturated rings. The molecule has 0 aliphatic carbocycles. The zero-order chi connectivity index (χ0) is 12.7. The molecule has 4 nitrogen and oxygen atoms in total. The van der Waals surface area contributed by atoms with E-state index in [0.29, 0.717) is 11.3 Å². The predicted octanol–water partition coefficient (Wildman–Crippen LogP) is 2.60. The van der Waals surface area contributed by atoms with Gasteiger partial charge in [-0.2, -0.15) is 5.10 Å². The van der Waals surface area contributed by atoms with Gasteiger partial charge in [0, 0.05) is 5.71 Å². The van der Waals surface area contributed by atoms with Gasteiger partial charge in [-0.3, -0.25) is 4.79 Å². The van der Waals surface area contributed by atoms with Crippen molar-refractivity contribution in [3.63, 3.8) is 0 Å². The van der Waals surface area contributed by atoms with Crippen LogP contribution in [0.3, 0.4) is 0 Å². The Bertz CT molecular complexity index is 414. The molecule has 1 aromatic carbocycles. The average molecular weight is 234 g/mol. The number of rotatable bonds is 5. The van der Waals surface area contributed by atoms with E-state index in [1.54, 1.807) is 18.2 Å². The Morgan fingerprint density at radius 2 is 2.12 bits per heavy atom. The number of carbonyl (C=O) groups is 1. The summed E-state index contributed by atoms with van der Waals surface area (Å²) in [4.78, 5) is 11.8. The van der Waals surface area contributed by atoms with Crippen molar-refractivity contribution in [1.82, 2.24) is 5.43 Å². The average Bonchev–Trinajstić information content (AvgIpc) is 2.36. The third kappa shape index (κ3) is 3.90. The summed E-state index contributed by atoms with van der Waals surface area (Å²) in [5, 5.41) is 4.03. The Labute approximate surface area is 102 Å². The SMILES string of the molecule is CCC/C(C)=N/NC(=O)c1ccccc1OC. The number of nitrogens with zero attached hydrogens (tertiary/aromatic N) is 1. The molecule has 1 rings (SSSR count).